The molecule has 2 aliphatic carbocycles. The van der Waals surface area contributed by atoms with Gasteiger partial charge in [-0.1, -0.05) is 44.9 Å². The maximum absolute atomic E-state index is 6.33. The first-order valence-corrected chi connectivity index (χ1v) is 10.9. The third kappa shape index (κ3) is 4.57. The summed E-state index contributed by atoms with van der Waals surface area (Å²) in [7, 11) is -1.86. The summed E-state index contributed by atoms with van der Waals surface area (Å²) in [5.74, 6) is 0.920. The second kappa shape index (κ2) is 7.80. The Labute approximate surface area is 120 Å². The minimum absolute atomic E-state index is 0.765. The molecule has 2 nitrogen and oxygen atoms in total. The van der Waals surface area contributed by atoms with Crippen LogP contribution in [0.15, 0.2) is 0 Å². The summed E-state index contributed by atoms with van der Waals surface area (Å²) in [6.45, 7) is 6.18. The van der Waals surface area contributed by atoms with Crippen LogP contribution in [0.1, 0.15) is 71.1 Å². The van der Waals surface area contributed by atoms with Crippen molar-refractivity contribution in [3.63, 3.8) is 0 Å². The van der Waals surface area contributed by atoms with Crippen molar-refractivity contribution in [3.8, 4) is 0 Å². The lowest BCUT2D eigenvalue weighted by atomic mass is 9.97. The van der Waals surface area contributed by atoms with E-state index in [4.69, 9.17) is 8.85 Å². The Kier molecular flexibility index (Phi) is 6.37. The zero-order chi connectivity index (χ0) is 13.6. The predicted octanol–water partition coefficient (Wildman–Crippen LogP) is 5.03. The SMILES string of the molecule is CCO[Si](C)(OCCC1CCCCCC1)C1CCC1. The molecule has 0 aromatic carbocycles. The molecule has 0 N–H and O–H groups in total. The van der Waals surface area contributed by atoms with Gasteiger partial charge in [-0.2, -0.15) is 0 Å². The highest BCUT2D eigenvalue weighted by molar-refractivity contribution is 6.67. The molecule has 0 saturated heterocycles. The number of rotatable bonds is 7. The molecule has 19 heavy (non-hydrogen) atoms. The highest BCUT2D eigenvalue weighted by atomic mass is 28.4. The summed E-state index contributed by atoms with van der Waals surface area (Å²) in [6.07, 6.45) is 14.0. The Balaban J connectivity index is 1.72. The lowest BCUT2D eigenvalue weighted by molar-refractivity contribution is 0.146. The first-order valence-electron chi connectivity index (χ1n) is 8.52. The van der Waals surface area contributed by atoms with Gasteiger partial charge >= 0.3 is 8.56 Å². The van der Waals surface area contributed by atoms with E-state index in [0.717, 1.165) is 24.7 Å². The fourth-order valence-corrected chi connectivity index (χ4v) is 6.69. The van der Waals surface area contributed by atoms with E-state index in [1.807, 2.05) is 0 Å². The van der Waals surface area contributed by atoms with E-state index in [1.54, 1.807) is 0 Å². The molecule has 1 unspecified atom stereocenters. The van der Waals surface area contributed by atoms with E-state index in [0.29, 0.717) is 0 Å². The highest BCUT2D eigenvalue weighted by Crippen LogP contribution is 2.42. The first-order chi connectivity index (χ1) is 9.24. The van der Waals surface area contributed by atoms with Crippen molar-refractivity contribution in [2.45, 2.75) is 83.2 Å². The van der Waals surface area contributed by atoms with Gasteiger partial charge in [-0.05, 0) is 38.7 Å². The van der Waals surface area contributed by atoms with Gasteiger partial charge in [-0.25, -0.2) is 0 Å². The first kappa shape index (κ1) is 15.5. The number of hydrogen-bond donors (Lipinski definition) is 0. The molecular weight excluding hydrogens is 252 g/mol. The third-order valence-corrected chi connectivity index (χ3v) is 8.87. The zero-order valence-electron chi connectivity index (χ0n) is 13.0. The van der Waals surface area contributed by atoms with Crippen LogP contribution in [-0.4, -0.2) is 21.8 Å². The quantitative estimate of drug-likeness (QED) is 0.482. The van der Waals surface area contributed by atoms with Crippen molar-refractivity contribution >= 4 is 8.56 Å². The van der Waals surface area contributed by atoms with Gasteiger partial charge in [0.15, 0.2) is 0 Å². The van der Waals surface area contributed by atoms with Crippen LogP contribution in [0.25, 0.3) is 0 Å². The molecule has 0 aromatic heterocycles. The fraction of sp³-hybridized carbons (Fsp3) is 1.00. The van der Waals surface area contributed by atoms with E-state index < -0.39 is 8.56 Å². The van der Waals surface area contributed by atoms with E-state index in [-0.39, 0.29) is 0 Å². The van der Waals surface area contributed by atoms with Gasteiger partial charge in [0.1, 0.15) is 0 Å². The molecule has 2 fully saturated rings. The molecule has 0 heterocycles. The Morgan fingerprint density at radius 3 is 2.11 bits per heavy atom. The lowest BCUT2D eigenvalue weighted by Gasteiger charge is -2.39. The van der Waals surface area contributed by atoms with Gasteiger partial charge < -0.3 is 8.85 Å². The van der Waals surface area contributed by atoms with Crippen molar-refractivity contribution in [1.82, 2.24) is 0 Å². The average molecular weight is 285 g/mol. The van der Waals surface area contributed by atoms with E-state index in [9.17, 15) is 0 Å². The van der Waals surface area contributed by atoms with Gasteiger partial charge in [-0.3, -0.25) is 0 Å². The van der Waals surface area contributed by atoms with Gasteiger partial charge in [0, 0.05) is 18.8 Å². The van der Waals surface area contributed by atoms with Crippen LogP contribution in [0.2, 0.25) is 12.1 Å². The van der Waals surface area contributed by atoms with Crippen LogP contribution < -0.4 is 0 Å². The fourth-order valence-electron chi connectivity index (χ4n) is 3.58. The van der Waals surface area contributed by atoms with Gasteiger partial charge in [0.05, 0.1) is 0 Å². The summed E-state index contributed by atoms with van der Waals surface area (Å²) in [5.41, 5.74) is 0.765. The summed E-state index contributed by atoms with van der Waals surface area (Å²) >= 11 is 0. The third-order valence-electron chi connectivity index (χ3n) is 5.17. The summed E-state index contributed by atoms with van der Waals surface area (Å²) < 4.78 is 12.4. The highest BCUT2D eigenvalue weighted by Gasteiger charge is 2.44. The van der Waals surface area contributed by atoms with Crippen molar-refractivity contribution < 1.29 is 8.85 Å². The predicted molar refractivity (Wildman–Crippen MR) is 82.6 cm³/mol. The van der Waals surface area contributed by atoms with Crippen LogP contribution in [-0.2, 0) is 8.85 Å². The molecule has 1 atom stereocenters. The molecule has 0 bridgehead atoms. The Hall–Kier alpha value is 0.137. The monoisotopic (exact) mass is 284 g/mol. The Morgan fingerprint density at radius 1 is 0.895 bits per heavy atom. The normalized spacial score (nSPS) is 25.6. The zero-order valence-corrected chi connectivity index (χ0v) is 14.0. The number of hydrogen-bond acceptors (Lipinski definition) is 2. The van der Waals surface area contributed by atoms with Gasteiger partial charge in [0.25, 0.3) is 0 Å². The van der Waals surface area contributed by atoms with Gasteiger partial charge in [-0.15, -0.1) is 0 Å². The van der Waals surface area contributed by atoms with Crippen LogP contribution in [0.5, 0.6) is 0 Å². The molecule has 0 aliphatic heterocycles. The molecule has 0 amide bonds. The van der Waals surface area contributed by atoms with Crippen LogP contribution in [0.3, 0.4) is 0 Å². The molecule has 3 heteroatoms. The minimum Gasteiger partial charge on any atom is -0.394 e. The molecule has 0 radical (unpaired) electrons. The molecule has 2 rings (SSSR count). The van der Waals surface area contributed by atoms with Crippen LogP contribution in [0, 0.1) is 5.92 Å². The van der Waals surface area contributed by atoms with Crippen LogP contribution >= 0.6 is 0 Å². The topological polar surface area (TPSA) is 18.5 Å². The van der Waals surface area contributed by atoms with E-state index >= 15 is 0 Å². The van der Waals surface area contributed by atoms with Crippen molar-refractivity contribution in [2.24, 2.45) is 5.92 Å². The minimum atomic E-state index is -1.86. The molecule has 112 valence electrons. The Morgan fingerprint density at radius 2 is 1.58 bits per heavy atom. The van der Waals surface area contributed by atoms with Crippen LogP contribution in [0.4, 0.5) is 0 Å². The summed E-state index contributed by atoms with van der Waals surface area (Å²) in [5, 5.41) is 0. The molecular formula is C16H32O2Si. The van der Waals surface area contributed by atoms with Gasteiger partial charge in [0.2, 0.25) is 0 Å². The Bertz CT molecular complexity index is 247. The van der Waals surface area contributed by atoms with Crippen molar-refractivity contribution in [1.29, 1.82) is 0 Å². The molecule has 2 aliphatic rings. The van der Waals surface area contributed by atoms with E-state index in [1.165, 1.54) is 64.2 Å². The van der Waals surface area contributed by atoms with E-state index in [2.05, 4.69) is 13.5 Å². The standard InChI is InChI=1S/C16H32O2Si/c1-3-17-19(2,16-11-8-12-16)18-14-13-15-9-6-4-5-7-10-15/h15-16H,3-14H2,1-2H3. The smallest absolute Gasteiger partial charge is 0.338 e. The summed E-state index contributed by atoms with van der Waals surface area (Å²) in [6, 6.07) is 0. The van der Waals surface area contributed by atoms with Crippen molar-refractivity contribution in [3.05, 3.63) is 0 Å². The second-order valence-electron chi connectivity index (χ2n) is 6.57. The van der Waals surface area contributed by atoms with Crippen molar-refractivity contribution in [2.75, 3.05) is 13.2 Å². The largest absolute Gasteiger partial charge is 0.394 e. The second-order valence-corrected chi connectivity index (χ2v) is 10.00. The molecule has 0 spiro atoms. The molecule has 0 aromatic rings. The maximum atomic E-state index is 6.33. The molecule has 2 saturated carbocycles. The summed E-state index contributed by atoms with van der Waals surface area (Å²) in [4.78, 5) is 0. The lowest BCUT2D eigenvalue weighted by Crippen LogP contribution is -2.46. The maximum Gasteiger partial charge on any atom is 0.338 e. The average Bonchev–Trinajstić information content (AvgIpc) is 2.55.